The zero-order valence-corrected chi connectivity index (χ0v) is 13.8. The van der Waals surface area contributed by atoms with E-state index in [-0.39, 0.29) is 17.5 Å². The molecule has 1 aliphatic heterocycles. The molecule has 2 aromatic carbocycles. The standard InChI is InChI=1S/C18H17FN2O2S/c19-13-8-7-12-4-3-9-21(15(12)10-13)18(23)14-5-1-2-6-16(14)24-11-17(20)22/h1-2,5-8,10H,3-4,9,11H2,(H2,20,22). The second kappa shape index (κ2) is 7.05. The molecule has 0 bridgehead atoms. The Morgan fingerprint density at radius 3 is 2.79 bits per heavy atom. The first-order chi connectivity index (χ1) is 11.6. The molecule has 2 aromatic rings. The number of amides is 2. The maximum atomic E-state index is 13.6. The van der Waals surface area contributed by atoms with Gasteiger partial charge < -0.3 is 10.6 Å². The molecular weight excluding hydrogens is 327 g/mol. The van der Waals surface area contributed by atoms with E-state index in [4.69, 9.17) is 5.73 Å². The van der Waals surface area contributed by atoms with Crippen LogP contribution >= 0.6 is 11.8 Å². The van der Waals surface area contributed by atoms with Crippen LogP contribution in [-0.4, -0.2) is 24.1 Å². The summed E-state index contributed by atoms with van der Waals surface area (Å²) in [5.41, 5.74) is 7.29. The number of benzene rings is 2. The van der Waals surface area contributed by atoms with Gasteiger partial charge in [0.05, 0.1) is 17.0 Å². The highest BCUT2D eigenvalue weighted by Crippen LogP contribution is 2.31. The average molecular weight is 344 g/mol. The molecule has 4 nitrogen and oxygen atoms in total. The molecule has 24 heavy (non-hydrogen) atoms. The van der Waals surface area contributed by atoms with Crippen LogP contribution in [0.1, 0.15) is 22.3 Å². The van der Waals surface area contributed by atoms with Crippen LogP contribution in [0.2, 0.25) is 0 Å². The highest BCUT2D eigenvalue weighted by atomic mass is 32.2. The number of hydrogen-bond acceptors (Lipinski definition) is 3. The van der Waals surface area contributed by atoms with Crippen LogP contribution in [0.15, 0.2) is 47.4 Å². The molecule has 0 radical (unpaired) electrons. The van der Waals surface area contributed by atoms with Crippen molar-refractivity contribution in [1.29, 1.82) is 0 Å². The fourth-order valence-corrected chi connectivity index (χ4v) is 3.61. The Bertz CT molecular complexity index is 794. The molecule has 6 heteroatoms. The summed E-state index contributed by atoms with van der Waals surface area (Å²) in [4.78, 5) is 26.3. The number of thioether (sulfide) groups is 1. The molecule has 1 aliphatic rings. The Balaban J connectivity index is 1.94. The summed E-state index contributed by atoms with van der Waals surface area (Å²) in [5, 5.41) is 0. The number of aryl methyl sites for hydroxylation is 1. The van der Waals surface area contributed by atoms with E-state index in [2.05, 4.69) is 0 Å². The van der Waals surface area contributed by atoms with Crippen molar-refractivity contribution in [1.82, 2.24) is 0 Å². The Labute approximate surface area is 143 Å². The second-order valence-electron chi connectivity index (χ2n) is 5.58. The first-order valence-electron chi connectivity index (χ1n) is 7.66. The summed E-state index contributed by atoms with van der Waals surface area (Å²) < 4.78 is 13.6. The van der Waals surface area contributed by atoms with Crippen LogP contribution in [0.25, 0.3) is 0 Å². The van der Waals surface area contributed by atoms with E-state index in [9.17, 15) is 14.0 Å². The minimum atomic E-state index is -0.437. The van der Waals surface area contributed by atoms with Gasteiger partial charge in [0.25, 0.3) is 5.91 Å². The van der Waals surface area contributed by atoms with E-state index in [0.29, 0.717) is 22.7 Å². The normalized spacial score (nSPS) is 13.5. The number of primary amides is 1. The molecule has 0 atom stereocenters. The van der Waals surface area contributed by atoms with Gasteiger partial charge in [0.1, 0.15) is 5.82 Å². The average Bonchev–Trinajstić information content (AvgIpc) is 2.59. The van der Waals surface area contributed by atoms with Gasteiger partial charge in [-0.15, -0.1) is 11.8 Å². The molecule has 0 fully saturated rings. The molecule has 0 saturated carbocycles. The molecule has 0 unspecified atom stereocenters. The smallest absolute Gasteiger partial charge is 0.259 e. The Morgan fingerprint density at radius 2 is 2.00 bits per heavy atom. The fourth-order valence-electron chi connectivity index (χ4n) is 2.82. The first-order valence-corrected chi connectivity index (χ1v) is 8.65. The first kappa shape index (κ1) is 16.5. The summed E-state index contributed by atoms with van der Waals surface area (Å²) in [6, 6.07) is 11.7. The van der Waals surface area contributed by atoms with Gasteiger partial charge in [-0.25, -0.2) is 4.39 Å². The lowest BCUT2D eigenvalue weighted by atomic mass is 10.0. The lowest BCUT2D eigenvalue weighted by Crippen LogP contribution is -2.35. The van der Waals surface area contributed by atoms with Crippen molar-refractivity contribution in [2.45, 2.75) is 17.7 Å². The van der Waals surface area contributed by atoms with E-state index < -0.39 is 5.91 Å². The molecule has 0 aliphatic carbocycles. The number of nitrogens with two attached hydrogens (primary N) is 1. The Kier molecular flexibility index (Phi) is 4.85. The van der Waals surface area contributed by atoms with Gasteiger partial charge in [-0.1, -0.05) is 18.2 Å². The number of carbonyl (C=O) groups excluding carboxylic acids is 2. The Morgan fingerprint density at radius 1 is 1.21 bits per heavy atom. The summed E-state index contributed by atoms with van der Waals surface area (Å²) in [6.07, 6.45) is 1.67. The van der Waals surface area contributed by atoms with Crippen LogP contribution < -0.4 is 10.6 Å². The van der Waals surface area contributed by atoms with E-state index in [1.807, 2.05) is 6.07 Å². The van der Waals surface area contributed by atoms with Gasteiger partial charge >= 0.3 is 0 Å². The number of anilines is 1. The maximum Gasteiger partial charge on any atom is 0.259 e. The zero-order chi connectivity index (χ0) is 17.1. The molecule has 0 saturated heterocycles. The largest absolute Gasteiger partial charge is 0.369 e. The van der Waals surface area contributed by atoms with Gasteiger partial charge in [0.2, 0.25) is 5.91 Å². The maximum absolute atomic E-state index is 13.6. The summed E-state index contributed by atoms with van der Waals surface area (Å²) >= 11 is 1.24. The number of carbonyl (C=O) groups is 2. The van der Waals surface area contributed by atoms with E-state index in [1.165, 1.54) is 23.9 Å². The van der Waals surface area contributed by atoms with Crippen LogP contribution in [0.5, 0.6) is 0 Å². The van der Waals surface area contributed by atoms with Crippen LogP contribution in [0.4, 0.5) is 10.1 Å². The molecule has 0 spiro atoms. The van der Waals surface area contributed by atoms with E-state index >= 15 is 0 Å². The van der Waals surface area contributed by atoms with E-state index in [0.717, 1.165) is 18.4 Å². The molecule has 2 amide bonds. The number of rotatable bonds is 4. The van der Waals surface area contributed by atoms with Crippen molar-refractivity contribution >= 4 is 29.3 Å². The highest BCUT2D eigenvalue weighted by Gasteiger charge is 2.25. The topological polar surface area (TPSA) is 63.4 Å². The minimum absolute atomic E-state index is 0.107. The number of fused-ring (bicyclic) bond motifs is 1. The predicted octanol–water partition coefficient (Wildman–Crippen LogP) is 3.00. The molecule has 0 aromatic heterocycles. The van der Waals surface area contributed by atoms with Gasteiger partial charge in [-0.05, 0) is 42.7 Å². The molecule has 3 rings (SSSR count). The quantitative estimate of drug-likeness (QED) is 0.867. The third-order valence-corrected chi connectivity index (χ3v) is 4.99. The monoisotopic (exact) mass is 344 g/mol. The molecule has 124 valence electrons. The van der Waals surface area contributed by atoms with Crippen molar-refractivity contribution < 1.29 is 14.0 Å². The predicted molar refractivity (Wildman–Crippen MR) is 92.8 cm³/mol. The van der Waals surface area contributed by atoms with Crippen molar-refractivity contribution in [2.24, 2.45) is 5.73 Å². The van der Waals surface area contributed by atoms with Gasteiger partial charge in [0, 0.05) is 11.4 Å². The third-order valence-electron chi connectivity index (χ3n) is 3.90. The minimum Gasteiger partial charge on any atom is -0.369 e. The van der Waals surface area contributed by atoms with Crippen LogP contribution in [0.3, 0.4) is 0 Å². The fraction of sp³-hybridized carbons (Fsp3) is 0.222. The summed E-state index contributed by atoms with van der Waals surface area (Å²) in [7, 11) is 0. The molecule has 2 N–H and O–H groups in total. The summed E-state index contributed by atoms with van der Waals surface area (Å²) in [6.45, 7) is 0.546. The van der Waals surface area contributed by atoms with Gasteiger partial charge in [-0.3, -0.25) is 9.59 Å². The summed E-state index contributed by atoms with van der Waals surface area (Å²) in [5.74, 6) is -0.873. The number of halogens is 1. The zero-order valence-electron chi connectivity index (χ0n) is 13.0. The molecule has 1 heterocycles. The van der Waals surface area contributed by atoms with Crippen LogP contribution in [0, 0.1) is 5.82 Å². The lowest BCUT2D eigenvalue weighted by Gasteiger charge is -2.30. The van der Waals surface area contributed by atoms with Gasteiger partial charge in [0.15, 0.2) is 0 Å². The third kappa shape index (κ3) is 3.43. The Hall–Kier alpha value is -2.34. The van der Waals surface area contributed by atoms with Crippen molar-refractivity contribution in [3.05, 3.63) is 59.4 Å². The highest BCUT2D eigenvalue weighted by molar-refractivity contribution is 8.00. The van der Waals surface area contributed by atoms with Crippen molar-refractivity contribution in [2.75, 3.05) is 17.2 Å². The van der Waals surface area contributed by atoms with Crippen LogP contribution in [-0.2, 0) is 11.2 Å². The van der Waals surface area contributed by atoms with Crippen molar-refractivity contribution in [3.8, 4) is 0 Å². The molecular formula is C18H17FN2O2S. The second-order valence-corrected chi connectivity index (χ2v) is 6.60. The number of nitrogens with zero attached hydrogens (tertiary/aromatic N) is 1. The van der Waals surface area contributed by atoms with E-state index in [1.54, 1.807) is 29.2 Å². The van der Waals surface area contributed by atoms with Gasteiger partial charge in [-0.2, -0.15) is 0 Å². The van der Waals surface area contributed by atoms with Crippen molar-refractivity contribution in [3.63, 3.8) is 0 Å². The lowest BCUT2D eigenvalue weighted by molar-refractivity contribution is -0.115. The SMILES string of the molecule is NC(=O)CSc1ccccc1C(=O)N1CCCc2ccc(F)cc21. The number of hydrogen-bond donors (Lipinski definition) is 1.